The first-order chi connectivity index (χ1) is 5.77. The maximum atomic E-state index is 11.0. The minimum Gasteiger partial charge on any atom is -0.351 e. The van der Waals surface area contributed by atoms with Gasteiger partial charge in [0.25, 0.3) is 0 Å². The quantitative estimate of drug-likeness (QED) is 0.653. The Hall–Kier alpha value is -0.570. The number of piperazine rings is 1. The Morgan fingerprint density at radius 3 is 2.75 bits per heavy atom. The van der Waals surface area contributed by atoms with Gasteiger partial charge in [0.2, 0.25) is 5.91 Å². The lowest BCUT2D eigenvalue weighted by Gasteiger charge is -2.32. The van der Waals surface area contributed by atoms with E-state index in [0.29, 0.717) is 18.6 Å². The van der Waals surface area contributed by atoms with Crippen LogP contribution in [0.25, 0.3) is 0 Å². The molecule has 3 heteroatoms. The summed E-state index contributed by atoms with van der Waals surface area (Å²) < 4.78 is 0. The van der Waals surface area contributed by atoms with Crippen molar-refractivity contribution in [1.29, 1.82) is 0 Å². The molecule has 70 valence electrons. The Balaban J connectivity index is 2.45. The van der Waals surface area contributed by atoms with E-state index in [4.69, 9.17) is 0 Å². The molecule has 12 heavy (non-hydrogen) atoms. The van der Waals surface area contributed by atoms with Crippen LogP contribution in [0.3, 0.4) is 0 Å². The number of hydrogen-bond donors (Lipinski definition) is 2. The fraction of sp³-hybridized carbons (Fsp3) is 0.889. The van der Waals surface area contributed by atoms with E-state index < -0.39 is 0 Å². The van der Waals surface area contributed by atoms with Gasteiger partial charge in [0.05, 0.1) is 6.54 Å². The van der Waals surface area contributed by atoms with Crippen molar-refractivity contribution in [3.05, 3.63) is 0 Å². The van der Waals surface area contributed by atoms with Gasteiger partial charge in [-0.05, 0) is 12.8 Å². The smallest absolute Gasteiger partial charge is 0.234 e. The van der Waals surface area contributed by atoms with Crippen molar-refractivity contribution in [2.24, 2.45) is 0 Å². The topological polar surface area (TPSA) is 41.1 Å². The monoisotopic (exact) mass is 170 g/mol. The molecule has 0 radical (unpaired) electrons. The summed E-state index contributed by atoms with van der Waals surface area (Å²) in [5, 5.41) is 6.26. The van der Waals surface area contributed by atoms with E-state index in [-0.39, 0.29) is 5.91 Å². The second kappa shape index (κ2) is 4.45. The van der Waals surface area contributed by atoms with Gasteiger partial charge in [-0.2, -0.15) is 0 Å². The molecule has 1 aliphatic rings. The van der Waals surface area contributed by atoms with Crippen LogP contribution < -0.4 is 10.6 Å². The summed E-state index contributed by atoms with van der Waals surface area (Å²) in [7, 11) is 0. The van der Waals surface area contributed by atoms with Gasteiger partial charge in [-0.25, -0.2) is 0 Å². The van der Waals surface area contributed by atoms with Crippen LogP contribution in [0.1, 0.15) is 33.1 Å². The second-order valence-electron chi connectivity index (χ2n) is 3.36. The van der Waals surface area contributed by atoms with Crippen molar-refractivity contribution in [1.82, 2.24) is 10.6 Å². The summed E-state index contributed by atoms with van der Waals surface area (Å²) in [5.41, 5.74) is 0. The first kappa shape index (κ1) is 9.52. The third-order valence-corrected chi connectivity index (χ3v) is 2.40. The molecule has 2 unspecified atom stereocenters. The summed E-state index contributed by atoms with van der Waals surface area (Å²) in [4.78, 5) is 11.0. The lowest BCUT2D eigenvalue weighted by Crippen LogP contribution is -2.58. The highest BCUT2D eigenvalue weighted by Gasteiger charge is 2.25. The Morgan fingerprint density at radius 2 is 2.17 bits per heavy atom. The van der Waals surface area contributed by atoms with E-state index in [1.807, 2.05) is 0 Å². The molecule has 1 saturated heterocycles. The van der Waals surface area contributed by atoms with Gasteiger partial charge in [0.15, 0.2) is 0 Å². The van der Waals surface area contributed by atoms with Crippen molar-refractivity contribution in [3.8, 4) is 0 Å². The Labute approximate surface area is 73.9 Å². The molecule has 1 heterocycles. The average molecular weight is 170 g/mol. The maximum absolute atomic E-state index is 11.0. The number of nitrogens with one attached hydrogen (secondary N) is 2. The van der Waals surface area contributed by atoms with E-state index in [0.717, 1.165) is 19.3 Å². The highest BCUT2D eigenvalue weighted by Crippen LogP contribution is 2.08. The lowest BCUT2D eigenvalue weighted by atomic mass is 9.99. The van der Waals surface area contributed by atoms with Crippen molar-refractivity contribution in [2.45, 2.75) is 45.2 Å². The number of amides is 1. The van der Waals surface area contributed by atoms with Crippen LogP contribution in [0.15, 0.2) is 0 Å². The summed E-state index contributed by atoms with van der Waals surface area (Å²) in [5.74, 6) is 0.137. The first-order valence-electron chi connectivity index (χ1n) is 4.80. The zero-order valence-corrected chi connectivity index (χ0v) is 7.89. The molecule has 0 aromatic carbocycles. The van der Waals surface area contributed by atoms with Crippen LogP contribution >= 0.6 is 0 Å². The maximum Gasteiger partial charge on any atom is 0.234 e. The van der Waals surface area contributed by atoms with Gasteiger partial charge < -0.3 is 10.6 Å². The number of hydrogen-bond acceptors (Lipinski definition) is 2. The highest BCUT2D eigenvalue weighted by molar-refractivity contribution is 5.79. The van der Waals surface area contributed by atoms with Gasteiger partial charge in [0.1, 0.15) is 0 Å². The Morgan fingerprint density at radius 1 is 1.42 bits per heavy atom. The number of carbonyl (C=O) groups is 1. The number of rotatable bonds is 3. The van der Waals surface area contributed by atoms with Gasteiger partial charge in [-0.15, -0.1) is 0 Å². The molecule has 1 rings (SSSR count). The van der Waals surface area contributed by atoms with Crippen LogP contribution in [-0.2, 0) is 4.79 Å². The number of carbonyl (C=O) groups excluding carboxylic acids is 1. The molecule has 1 aliphatic heterocycles. The predicted molar refractivity (Wildman–Crippen MR) is 48.9 cm³/mol. The van der Waals surface area contributed by atoms with E-state index in [2.05, 4.69) is 24.5 Å². The van der Waals surface area contributed by atoms with Crippen LogP contribution in [0, 0.1) is 0 Å². The van der Waals surface area contributed by atoms with E-state index in [9.17, 15) is 4.79 Å². The molecule has 0 saturated carbocycles. The second-order valence-corrected chi connectivity index (χ2v) is 3.36. The van der Waals surface area contributed by atoms with Gasteiger partial charge in [-0.1, -0.05) is 20.3 Å². The molecule has 0 aromatic heterocycles. The summed E-state index contributed by atoms with van der Waals surface area (Å²) in [6.07, 6.45) is 3.30. The summed E-state index contributed by atoms with van der Waals surface area (Å²) in [6, 6.07) is 0.823. The molecule has 3 nitrogen and oxygen atoms in total. The normalized spacial score (nSPS) is 30.0. The summed E-state index contributed by atoms with van der Waals surface area (Å²) in [6.45, 7) is 4.78. The van der Waals surface area contributed by atoms with Crippen LogP contribution in [0.4, 0.5) is 0 Å². The minimum absolute atomic E-state index is 0.137. The largest absolute Gasteiger partial charge is 0.351 e. The standard InChI is InChI=1S/C9H18N2O/c1-3-5-8-7(4-2)10-6-9(12)11-8/h7-8,10H,3-6H2,1-2H3,(H,11,12). The third-order valence-electron chi connectivity index (χ3n) is 2.40. The van der Waals surface area contributed by atoms with Gasteiger partial charge in [0, 0.05) is 12.1 Å². The lowest BCUT2D eigenvalue weighted by molar-refractivity contribution is -0.123. The molecule has 2 atom stereocenters. The zero-order chi connectivity index (χ0) is 8.97. The molecular formula is C9H18N2O. The van der Waals surface area contributed by atoms with Crippen LogP contribution in [0.2, 0.25) is 0 Å². The van der Waals surface area contributed by atoms with E-state index in [1.54, 1.807) is 0 Å². The molecule has 1 fully saturated rings. The zero-order valence-electron chi connectivity index (χ0n) is 7.89. The minimum atomic E-state index is 0.137. The predicted octanol–water partition coefficient (Wildman–Crippen LogP) is 0.653. The molecule has 0 aliphatic carbocycles. The van der Waals surface area contributed by atoms with Crippen molar-refractivity contribution < 1.29 is 4.79 Å². The van der Waals surface area contributed by atoms with E-state index in [1.165, 1.54) is 0 Å². The molecular weight excluding hydrogens is 152 g/mol. The Kier molecular flexibility index (Phi) is 3.53. The summed E-state index contributed by atoms with van der Waals surface area (Å²) >= 11 is 0. The average Bonchev–Trinajstić information content (AvgIpc) is 2.05. The first-order valence-corrected chi connectivity index (χ1v) is 4.80. The van der Waals surface area contributed by atoms with Gasteiger partial charge >= 0.3 is 0 Å². The van der Waals surface area contributed by atoms with Crippen LogP contribution in [-0.4, -0.2) is 24.5 Å². The fourth-order valence-corrected chi connectivity index (χ4v) is 1.74. The molecule has 0 spiro atoms. The fourth-order valence-electron chi connectivity index (χ4n) is 1.74. The molecule has 1 amide bonds. The SMILES string of the molecule is CCCC1NC(=O)CNC1CC. The molecule has 0 bridgehead atoms. The molecule has 0 aromatic rings. The third kappa shape index (κ3) is 2.21. The highest BCUT2D eigenvalue weighted by atomic mass is 16.2. The van der Waals surface area contributed by atoms with Crippen LogP contribution in [0.5, 0.6) is 0 Å². The van der Waals surface area contributed by atoms with E-state index >= 15 is 0 Å². The Bertz CT molecular complexity index is 159. The molecule has 2 N–H and O–H groups in total. The van der Waals surface area contributed by atoms with Crippen molar-refractivity contribution in [2.75, 3.05) is 6.54 Å². The van der Waals surface area contributed by atoms with Gasteiger partial charge in [-0.3, -0.25) is 4.79 Å². The van der Waals surface area contributed by atoms with Crippen molar-refractivity contribution >= 4 is 5.91 Å². The van der Waals surface area contributed by atoms with Crippen molar-refractivity contribution in [3.63, 3.8) is 0 Å².